The number of sulfonamides is 1. The van der Waals surface area contributed by atoms with Gasteiger partial charge in [-0.05, 0) is 36.1 Å². The zero-order valence-electron chi connectivity index (χ0n) is 10.7. The minimum Gasteiger partial charge on any atom is -0.324 e. The molecule has 1 aliphatic heterocycles. The van der Waals surface area contributed by atoms with Gasteiger partial charge >= 0.3 is 0 Å². The Bertz CT molecular complexity index is 523. The number of nitrogens with two attached hydrogens (primary N) is 1. The molecular weight excluding hydrogens is 250 g/mol. The summed E-state index contributed by atoms with van der Waals surface area (Å²) in [5.74, 6) is 5.26. The molecule has 18 heavy (non-hydrogen) atoms. The van der Waals surface area contributed by atoms with Crippen molar-refractivity contribution in [3.05, 3.63) is 24.3 Å². The lowest BCUT2D eigenvalue weighted by atomic mass is 9.93. The first kappa shape index (κ1) is 13.3. The molecule has 0 saturated carbocycles. The monoisotopic (exact) mass is 269 g/mol. The van der Waals surface area contributed by atoms with E-state index >= 15 is 0 Å². The Kier molecular flexibility index (Phi) is 3.35. The fourth-order valence-corrected chi connectivity index (χ4v) is 3.77. The van der Waals surface area contributed by atoms with Gasteiger partial charge in [0, 0.05) is 18.8 Å². The lowest BCUT2D eigenvalue weighted by Crippen LogP contribution is -2.30. The Morgan fingerprint density at radius 1 is 1.28 bits per heavy atom. The lowest BCUT2D eigenvalue weighted by Gasteiger charge is -2.19. The molecule has 1 heterocycles. The lowest BCUT2D eigenvalue weighted by molar-refractivity contribution is 0.375. The van der Waals surface area contributed by atoms with Gasteiger partial charge in [-0.2, -0.15) is 4.31 Å². The Morgan fingerprint density at radius 2 is 1.89 bits per heavy atom. The second kappa shape index (κ2) is 4.53. The van der Waals surface area contributed by atoms with Gasteiger partial charge in [0.1, 0.15) is 0 Å². The number of nitrogens with one attached hydrogen (secondary N) is 1. The van der Waals surface area contributed by atoms with Crippen LogP contribution in [0.3, 0.4) is 0 Å². The van der Waals surface area contributed by atoms with Gasteiger partial charge in [0.05, 0.1) is 4.90 Å². The van der Waals surface area contributed by atoms with Gasteiger partial charge < -0.3 is 5.43 Å². The van der Waals surface area contributed by atoms with Gasteiger partial charge in [-0.15, -0.1) is 0 Å². The highest BCUT2D eigenvalue weighted by molar-refractivity contribution is 7.89. The molecule has 0 bridgehead atoms. The van der Waals surface area contributed by atoms with Gasteiger partial charge in [0.25, 0.3) is 0 Å². The van der Waals surface area contributed by atoms with Crippen LogP contribution in [0.25, 0.3) is 0 Å². The van der Waals surface area contributed by atoms with Crippen molar-refractivity contribution in [2.75, 3.05) is 18.5 Å². The number of nitrogen functional groups attached to an aromatic ring is 1. The molecule has 0 radical (unpaired) electrons. The molecule has 1 aliphatic rings. The molecule has 5 nitrogen and oxygen atoms in total. The Balaban J connectivity index is 2.25. The molecule has 2 rings (SSSR count). The van der Waals surface area contributed by atoms with E-state index in [0.717, 1.165) is 6.42 Å². The van der Waals surface area contributed by atoms with Crippen LogP contribution in [0.15, 0.2) is 29.2 Å². The summed E-state index contributed by atoms with van der Waals surface area (Å²) in [6.45, 7) is 5.34. The van der Waals surface area contributed by atoms with E-state index in [4.69, 9.17) is 5.84 Å². The second-order valence-corrected chi connectivity index (χ2v) is 7.36. The number of hydrazine groups is 1. The number of hydrogen-bond donors (Lipinski definition) is 2. The highest BCUT2D eigenvalue weighted by atomic mass is 32.2. The maximum absolute atomic E-state index is 12.4. The molecule has 6 heteroatoms. The number of benzene rings is 1. The summed E-state index contributed by atoms with van der Waals surface area (Å²) >= 11 is 0. The van der Waals surface area contributed by atoms with Crippen molar-refractivity contribution in [2.24, 2.45) is 11.3 Å². The van der Waals surface area contributed by atoms with Crippen LogP contribution in [0.2, 0.25) is 0 Å². The molecule has 1 saturated heterocycles. The van der Waals surface area contributed by atoms with Crippen molar-refractivity contribution in [1.29, 1.82) is 0 Å². The van der Waals surface area contributed by atoms with E-state index in [1.165, 1.54) is 0 Å². The van der Waals surface area contributed by atoms with Crippen molar-refractivity contribution in [3.8, 4) is 0 Å². The normalized spacial score (nSPS) is 19.9. The zero-order valence-corrected chi connectivity index (χ0v) is 11.5. The van der Waals surface area contributed by atoms with Crippen molar-refractivity contribution in [3.63, 3.8) is 0 Å². The third-order valence-electron chi connectivity index (χ3n) is 3.30. The average Bonchev–Trinajstić information content (AvgIpc) is 2.70. The molecule has 0 amide bonds. The topological polar surface area (TPSA) is 75.4 Å². The number of anilines is 1. The molecule has 0 spiro atoms. The second-order valence-electron chi connectivity index (χ2n) is 5.42. The van der Waals surface area contributed by atoms with Gasteiger partial charge in [-0.1, -0.05) is 13.8 Å². The minimum atomic E-state index is -3.37. The molecule has 1 fully saturated rings. The van der Waals surface area contributed by atoms with E-state index in [0.29, 0.717) is 23.7 Å². The van der Waals surface area contributed by atoms with E-state index in [1.54, 1.807) is 28.6 Å². The maximum atomic E-state index is 12.4. The van der Waals surface area contributed by atoms with Gasteiger partial charge in [0.2, 0.25) is 10.0 Å². The van der Waals surface area contributed by atoms with Crippen LogP contribution >= 0.6 is 0 Å². The summed E-state index contributed by atoms with van der Waals surface area (Å²) in [7, 11) is -3.37. The maximum Gasteiger partial charge on any atom is 0.243 e. The summed E-state index contributed by atoms with van der Waals surface area (Å²) in [5.41, 5.74) is 3.23. The minimum absolute atomic E-state index is 0.0613. The zero-order chi connectivity index (χ0) is 13.4. The van der Waals surface area contributed by atoms with Crippen molar-refractivity contribution < 1.29 is 8.42 Å². The van der Waals surface area contributed by atoms with Crippen LogP contribution in [-0.4, -0.2) is 25.8 Å². The fourth-order valence-electron chi connectivity index (χ4n) is 2.14. The standard InChI is InChI=1S/C12H19N3O2S/c1-12(2)7-8-15(9-12)18(16,17)11-5-3-10(14-13)4-6-11/h3-6,14H,7-9,13H2,1-2H3. The van der Waals surface area contributed by atoms with Crippen molar-refractivity contribution in [1.82, 2.24) is 4.31 Å². The van der Waals surface area contributed by atoms with Crippen molar-refractivity contribution in [2.45, 2.75) is 25.2 Å². The molecular formula is C12H19N3O2S. The summed E-state index contributed by atoms with van der Waals surface area (Å²) in [4.78, 5) is 0.319. The summed E-state index contributed by atoms with van der Waals surface area (Å²) in [6.07, 6.45) is 0.897. The van der Waals surface area contributed by atoms with Crippen LogP contribution in [0.1, 0.15) is 20.3 Å². The molecule has 1 aromatic rings. The number of nitrogens with zero attached hydrogens (tertiary/aromatic N) is 1. The third kappa shape index (κ3) is 2.50. The molecule has 100 valence electrons. The van der Waals surface area contributed by atoms with Gasteiger partial charge in [-0.25, -0.2) is 8.42 Å². The van der Waals surface area contributed by atoms with Gasteiger partial charge in [0.15, 0.2) is 0 Å². The first-order valence-corrected chi connectivity index (χ1v) is 7.36. The Hall–Kier alpha value is -1.11. The molecule has 3 N–H and O–H groups in total. The molecule has 0 aromatic heterocycles. The van der Waals surface area contributed by atoms with Gasteiger partial charge in [-0.3, -0.25) is 5.84 Å². The average molecular weight is 269 g/mol. The Morgan fingerprint density at radius 3 is 2.33 bits per heavy atom. The van der Waals surface area contributed by atoms with Crippen LogP contribution in [-0.2, 0) is 10.0 Å². The highest BCUT2D eigenvalue weighted by Crippen LogP contribution is 2.32. The molecule has 0 atom stereocenters. The smallest absolute Gasteiger partial charge is 0.243 e. The summed E-state index contributed by atoms with van der Waals surface area (Å²) < 4.78 is 26.3. The van der Waals surface area contributed by atoms with Crippen LogP contribution in [0, 0.1) is 5.41 Å². The number of rotatable bonds is 3. The first-order chi connectivity index (χ1) is 8.35. The third-order valence-corrected chi connectivity index (χ3v) is 5.16. The van der Waals surface area contributed by atoms with Crippen LogP contribution < -0.4 is 11.3 Å². The largest absolute Gasteiger partial charge is 0.324 e. The quantitative estimate of drug-likeness (QED) is 0.642. The first-order valence-electron chi connectivity index (χ1n) is 5.92. The van der Waals surface area contributed by atoms with E-state index < -0.39 is 10.0 Å². The number of hydrogen-bond acceptors (Lipinski definition) is 4. The predicted octanol–water partition coefficient (Wildman–Crippen LogP) is 1.39. The molecule has 0 aliphatic carbocycles. The van der Waals surface area contributed by atoms with E-state index in [9.17, 15) is 8.42 Å². The van der Waals surface area contributed by atoms with E-state index in [-0.39, 0.29) is 5.41 Å². The van der Waals surface area contributed by atoms with E-state index in [2.05, 4.69) is 19.3 Å². The predicted molar refractivity (Wildman–Crippen MR) is 71.4 cm³/mol. The SMILES string of the molecule is CC1(C)CCN(S(=O)(=O)c2ccc(NN)cc2)C1. The summed E-state index contributed by atoms with van der Waals surface area (Å²) in [5, 5.41) is 0. The summed E-state index contributed by atoms with van der Waals surface area (Å²) in [6, 6.07) is 6.48. The van der Waals surface area contributed by atoms with E-state index in [1.807, 2.05) is 0 Å². The molecule has 0 unspecified atom stereocenters. The van der Waals surface area contributed by atoms with Crippen molar-refractivity contribution >= 4 is 15.7 Å². The fraction of sp³-hybridized carbons (Fsp3) is 0.500. The highest BCUT2D eigenvalue weighted by Gasteiger charge is 2.36. The van der Waals surface area contributed by atoms with Crippen LogP contribution in [0.5, 0.6) is 0 Å². The Labute approximate surface area is 108 Å². The molecule has 1 aromatic carbocycles. The van der Waals surface area contributed by atoms with Crippen LogP contribution in [0.4, 0.5) is 5.69 Å².